The average molecular weight is 789 g/mol. The summed E-state index contributed by atoms with van der Waals surface area (Å²) in [4.78, 5) is 40.2. The normalized spacial score (nSPS) is 23.9. The van der Waals surface area contributed by atoms with Crippen molar-refractivity contribution >= 4 is 17.9 Å². The Morgan fingerprint density at radius 2 is 0.862 bits per heavy atom. The standard InChI is InChI=1S/C46H44O12/c1-50-45-40(52-28-32-19-9-3-10-20-32)38(51-27-31-17-7-2-8-18-31)36(55-45)30-54-46-41(58-44(49)35-25-15-6-16-26-35)39(57-43(48)34-23-13-5-14-24-34)37(56-46)29-53-42(47)33-21-11-4-12-22-33/h2-26,36-41,45-46H,27-30H2,1H3/t36-,37-,38-,39-,40+,41+,45+,46+/m1/s1. The number of rotatable bonds is 17. The smallest absolute Gasteiger partial charge is 0.338 e. The van der Waals surface area contributed by atoms with Gasteiger partial charge < -0.3 is 42.6 Å². The second-order valence-corrected chi connectivity index (χ2v) is 13.6. The summed E-state index contributed by atoms with van der Waals surface area (Å²) in [5.74, 6) is -2.03. The number of ether oxygens (including phenoxy) is 9. The molecule has 300 valence electrons. The molecule has 2 saturated heterocycles. The van der Waals surface area contributed by atoms with Crippen molar-refractivity contribution in [3.8, 4) is 0 Å². The molecule has 0 spiro atoms. The van der Waals surface area contributed by atoms with Crippen LogP contribution >= 0.6 is 0 Å². The third kappa shape index (κ3) is 10.4. The summed E-state index contributed by atoms with van der Waals surface area (Å²) in [6, 6.07) is 44.5. The fraction of sp³-hybridized carbons (Fsp3) is 0.283. The van der Waals surface area contributed by atoms with Gasteiger partial charge in [0, 0.05) is 7.11 Å². The third-order valence-corrected chi connectivity index (χ3v) is 9.66. The minimum absolute atomic E-state index is 0.148. The first kappa shape index (κ1) is 40.5. The van der Waals surface area contributed by atoms with Gasteiger partial charge in [-0.15, -0.1) is 0 Å². The zero-order chi connectivity index (χ0) is 40.1. The molecule has 0 bridgehead atoms. The van der Waals surface area contributed by atoms with Crippen molar-refractivity contribution in [3.05, 3.63) is 179 Å². The van der Waals surface area contributed by atoms with Gasteiger partial charge in [0.05, 0.1) is 36.5 Å². The van der Waals surface area contributed by atoms with Crippen molar-refractivity contribution in [3.63, 3.8) is 0 Å². The highest BCUT2D eigenvalue weighted by Crippen LogP contribution is 2.33. The Balaban J connectivity index is 1.14. The van der Waals surface area contributed by atoms with Gasteiger partial charge in [-0.3, -0.25) is 0 Å². The predicted molar refractivity (Wildman–Crippen MR) is 208 cm³/mol. The molecule has 7 rings (SSSR count). The number of hydrogen-bond acceptors (Lipinski definition) is 12. The molecule has 0 unspecified atom stereocenters. The maximum absolute atomic E-state index is 13.6. The zero-order valence-electron chi connectivity index (χ0n) is 31.8. The van der Waals surface area contributed by atoms with Gasteiger partial charge in [-0.1, -0.05) is 115 Å². The van der Waals surface area contributed by atoms with E-state index < -0.39 is 67.1 Å². The van der Waals surface area contributed by atoms with E-state index in [2.05, 4.69) is 0 Å². The summed E-state index contributed by atoms with van der Waals surface area (Å²) in [5, 5.41) is 0. The SMILES string of the molecule is CO[C@H]1O[C@H](CO[C@H]2O[C@H](COC(=O)c3ccccc3)[C@@H](OC(=O)c3ccccc3)[C@@H]2OC(=O)c2ccccc2)[C@@H](OCc2ccccc2)[C@@H]1OCc1ccccc1. The second-order valence-electron chi connectivity index (χ2n) is 13.6. The first-order chi connectivity index (χ1) is 28.5. The van der Waals surface area contributed by atoms with Crippen LogP contribution in [-0.2, 0) is 55.8 Å². The fourth-order valence-electron chi connectivity index (χ4n) is 6.69. The van der Waals surface area contributed by atoms with E-state index in [-0.39, 0.29) is 37.6 Å². The molecule has 0 aromatic heterocycles. The number of carbonyl (C=O) groups excluding carboxylic acids is 3. The predicted octanol–water partition coefficient (Wildman–Crippen LogP) is 6.58. The molecule has 2 heterocycles. The highest BCUT2D eigenvalue weighted by molar-refractivity contribution is 5.91. The number of methoxy groups -OCH3 is 1. The molecule has 2 aliphatic heterocycles. The maximum atomic E-state index is 13.6. The number of carbonyl (C=O) groups is 3. The summed E-state index contributed by atoms with van der Waals surface area (Å²) < 4.78 is 55.5. The Morgan fingerprint density at radius 1 is 0.448 bits per heavy atom. The van der Waals surface area contributed by atoms with Crippen LogP contribution in [0.4, 0.5) is 0 Å². The number of esters is 3. The van der Waals surface area contributed by atoms with Crippen LogP contribution in [0.1, 0.15) is 42.2 Å². The molecule has 0 saturated carbocycles. The summed E-state index contributed by atoms with van der Waals surface area (Å²) in [6.45, 7) is 0.0131. The highest BCUT2D eigenvalue weighted by atomic mass is 16.8. The van der Waals surface area contributed by atoms with Crippen LogP contribution in [0.5, 0.6) is 0 Å². The van der Waals surface area contributed by atoms with Gasteiger partial charge >= 0.3 is 17.9 Å². The second kappa shape index (κ2) is 20.1. The molecule has 2 aliphatic rings. The van der Waals surface area contributed by atoms with E-state index >= 15 is 0 Å². The third-order valence-electron chi connectivity index (χ3n) is 9.66. The Kier molecular flexibility index (Phi) is 14.0. The van der Waals surface area contributed by atoms with Crippen LogP contribution in [0.3, 0.4) is 0 Å². The Labute approximate surface area is 336 Å². The van der Waals surface area contributed by atoms with Gasteiger partial charge in [-0.25, -0.2) is 14.4 Å². The van der Waals surface area contributed by atoms with Crippen molar-refractivity contribution < 1.29 is 57.0 Å². The molecule has 0 aliphatic carbocycles. The van der Waals surface area contributed by atoms with Gasteiger partial charge in [-0.05, 0) is 47.5 Å². The molecule has 58 heavy (non-hydrogen) atoms. The van der Waals surface area contributed by atoms with Crippen molar-refractivity contribution in [1.82, 2.24) is 0 Å². The van der Waals surface area contributed by atoms with Crippen LogP contribution in [-0.4, -0.2) is 87.4 Å². The van der Waals surface area contributed by atoms with Crippen LogP contribution in [0.15, 0.2) is 152 Å². The number of hydrogen-bond donors (Lipinski definition) is 0. The first-order valence-corrected chi connectivity index (χ1v) is 19.0. The molecular formula is C46H44O12. The molecule has 12 nitrogen and oxygen atoms in total. The number of benzene rings is 5. The van der Waals surface area contributed by atoms with E-state index in [1.165, 1.54) is 7.11 Å². The van der Waals surface area contributed by atoms with E-state index in [0.29, 0.717) is 5.56 Å². The van der Waals surface area contributed by atoms with Gasteiger partial charge in [0.2, 0.25) is 0 Å². The van der Waals surface area contributed by atoms with Gasteiger partial charge in [0.1, 0.15) is 31.0 Å². The van der Waals surface area contributed by atoms with E-state index in [9.17, 15) is 14.4 Å². The van der Waals surface area contributed by atoms with E-state index in [4.69, 9.17) is 42.6 Å². The topological polar surface area (TPSA) is 134 Å². The molecule has 12 heteroatoms. The molecular weight excluding hydrogens is 744 g/mol. The molecule has 8 atom stereocenters. The lowest BCUT2D eigenvalue weighted by atomic mass is 10.1. The van der Waals surface area contributed by atoms with Crippen molar-refractivity contribution in [2.24, 2.45) is 0 Å². The molecule has 5 aromatic rings. The molecule has 2 fully saturated rings. The zero-order valence-corrected chi connectivity index (χ0v) is 31.8. The Hall–Kier alpha value is -5.73. The van der Waals surface area contributed by atoms with Gasteiger partial charge in [0.25, 0.3) is 0 Å². The fourth-order valence-corrected chi connectivity index (χ4v) is 6.69. The molecule has 5 aromatic carbocycles. The molecule has 0 N–H and O–H groups in total. The van der Waals surface area contributed by atoms with Crippen molar-refractivity contribution in [2.45, 2.75) is 62.4 Å². The van der Waals surface area contributed by atoms with Crippen LogP contribution < -0.4 is 0 Å². The lowest BCUT2D eigenvalue weighted by Crippen LogP contribution is -2.44. The molecule has 0 amide bonds. The van der Waals surface area contributed by atoms with Crippen molar-refractivity contribution in [1.29, 1.82) is 0 Å². The monoisotopic (exact) mass is 788 g/mol. The van der Waals surface area contributed by atoms with E-state index in [1.807, 2.05) is 60.7 Å². The Bertz CT molecular complexity index is 2030. The average Bonchev–Trinajstić information content (AvgIpc) is 3.79. The Morgan fingerprint density at radius 3 is 1.36 bits per heavy atom. The van der Waals surface area contributed by atoms with E-state index in [0.717, 1.165) is 11.1 Å². The van der Waals surface area contributed by atoms with Crippen LogP contribution in [0, 0.1) is 0 Å². The maximum Gasteiger partial charge on any atom is 0.338 e. The highest BCUT2D eigenvalue weighted by Gasteiger charge is 2.53. The molecule has 0 radical (unpaired) electrons. The summed E-state index contributed by atoms with van der Waals surface area (Å²) in [5.41, 5.74) is 2.71. The lowest BCUT2D eigenvalue weighted by Gasteiger charge is -2.26. The quantitative estimate of drug-likeness (QED) is 0.0745. The van der Waals surface area contributed by atoms with Gasteiger partial charge in [0.15, 0.2) is 24.8 Å². The van der Waals surface area contributed by atoms with Crippen LogP contribution in [0.2, 0.25) is 0 Å². The van der Waals surface area contributed by atoms with E-state index in [1.54, 1.807) is 91.0 Å². The summed E-state index contributed by atoms with van der Waals surface area (Å²) in [7, 11) is 1.52. The summed E-state index contributed by atoms with van der Waals surface area (Å²) in [6.07, 6.45) is -7.93. The lowest BCUT2D eigenvalue weighted by molar-refractivity contribution is -0.204. The van der Waals surface area contributed by atoms with Gasteiger partial charge in [-0.2, -0.15) is 0 Å². The van der Waals surface area contributed by atoms with Crippen molar-refractivity contribution in [2.75, 3.05) is 20.3 Å². The largest absolute Gasteiger partial charge is 0.459 e. The minimum Gasteiger partial charge on any atom is -0.459 e. The summed E-state index contributed by atoms with van der Waals surface area (Å²) >= 11 is 0. The van der Waals surface area contributed by atoms with Crippen LogP contribution in [0.25, 0.3) is 0 Å². The minimum atomic E-state index is -1.31. The first-order valence-electron chi connectivity index (χ1n) is 19.0.